The summed E-state index contributed by atoms with van der Waals surface area (Å²) in [4.78, 5) is 26.7. The van der Waals surface area contributed by atoms with Gasteiger partial charge in [-0.2, -0.15) is 9.13 Å². The Kier molecular flexibility index (Phi) is 10.5. The topological polar surface area (TPSA) is 101 Å². The summed E-state index contributed by atoms with van der Waals surface area (Å²) in [7, 11) is 0. The molecule has 4 unspecified atom stereocenters. The Balaban J connectivity index is 1.09. The molecular weight excluding hydrogens is 677 g/mol. The average Bonchev–Trinajstić information content (AvgIpc) is 3.53. The zero-order chi connectivity index (χ0) is 38.7. The van der Waals surface area contributed by atoms with Crippen molar-refractivity contribution in [2.45, 2.75) is 138 Å². The Labute approximate surface area is 323 Å². The Hall–Kier alpha value is -3.10. The van der Waals surface area contributed by atoms with Gasteiger partial charge in [0.1, 0.15) is 19.3 Å². The summed E-state index contributed by atoms with van der Waals surface area (Å²) in [6, 6.07) is 11.2. The van der Waals surface area contributed by atoms with E-state index in [-0.39, 0.29) is 71.4 Å². The standard InChI is InChI=1S/C46H66N2O6/c1-31(2)34-16-21-46(30-53-39(51)26-47-24-10-8-12-32(47)28-49)23-22-44(6)35(41(34)46)14-15-37-43(5)19-18-38(42(3,4)36(43)17-20-45(37,44)7)54-40(52)27-48-25-11-9-13-33(48)29-50/h8-13,24-25,34-38,41,49-50H,1,14-23,26-30H2,2-7H3/q+2/t34-,35?,36?,37?,38-,41?,43-,44+,45+,46+/m0/s1. The van der Waals surface area contributed by atoms with E-state index in [0.717, 1.165) is 44.9 Å². The number of nitrogens with zero attached hydrogens (tertiary/aromatic N) is 2. The molecular formula is C46H66N2O6+2. The molecule has 0 bridgehead atoms. The second kappa shape index (κ2) is 14.4. The highest BCUT2D eigenvalue weighted by Crippen LogP contribution is 2.77. The minimum absolute atomic E-state index is 0.0329. The van der Waals surface area contributed by atoms with Crippen LogP contribution in [0.25, 0.3) is 0 Å². The van der Waals surface area contributed by atoms with Crippen molar-refractivity contribution < 1.29 is 38.4 Å². The van der Waals surface area contributed by atoms with Gasteiger partial charge in [0.05, 0.1) is 6.61 Å². The first-order valence-electron chi connectivity index (χ1n) is 20.8. The number of pyridine rings is 2. The molecule has 5 saturated carbocycles. The second-order valence-electron chi connectivity index (χ2n) is 19.5. The van der Waals surface area contributed by atoms with Gasteiger partial charge in [0, 0.05) is 35.1 Å². The van der Waals surface area contributed by atoms with E-state index in [0.29, 0.717) is 47.6 Å². The maximum absolute atomic E-state index is 13.4. The smallest absolute Gasteiger partial charge is 0.372 e. The predicted octanol–water partition coefficient (Wildman–Crippen LogP) is 7.06. The summed E-state index contributed by atoms with van der Waals surface area (Å²) >= 11 is 0. The van der Waals surface area contributed by atoms with Gasteiger partial charge < -0.3 is 19.7 Å². The van der Waals surface area contributed by atoms with Gasteiger partial charge in [-0.05, 0) is 117 Å². The normalized spacial score (nSPS) is 37.9. The fourth-order valence-electron chi connectivity index (χ4n) is 14.1. The van der Waals surface area contributed by atoms with E-state index in [1.807, 2.05) is 48.8 Å². The van der Waals surface area contributed by atoms with Crippen molar-refractivity contribution in [3.05, 3.63) is 72.3 Å². The van der Waals surface area contributed by atoms with Crippen LogP contribution < -0.4 is 9.13 Å². The number of fused-ring (bicyclic) bond motifs is 7. The molecule has 0 spiro atoms. The summed E-state index contributed by atoms with van der Waals surface area (Å²) in [5, 5.41) is 19.6. The Morgan fingerprint density at radius 2 is 1.41 bits per heavy atom. The number of allylic oxidation sites excluding steroid dienone is 1. The number of rotatable bonds is 10. The van der Waals surface area contributed by atoms with Crippen molar-refractivity contribution in [3.8, 4) is 0 Å². The van der Waals surface area contributed by atoms with Gasteiger partial charge in [-0.1, -0.05) is 58.9 Å². The van der Waals surface area contributed by atoms with Crippen molar-refractivity contribution in [3.63, 3.8) is 0 Å². The van der Waals surface area contributed by atoms with E-state index in [4.69, 9.17) is 9.47 Å². The number of aliphatic hydroxyl groups is 2. The van der Waals surface area contributed by atoms with Gasteiger partial charge in [0.2, 0.25) is 24.5 Å². The van der Waals surface area contributed by atoms with E-state index < -0.39 is 0 Å². The third kappa shape index (κ3) is 6.26. The molecule has 0 aromatic carbocycles. The Morgan fingerprint density at radius 3 is 2.04 bits per heavy atom. The molecule has 2 heterocycles. The highest BCUT2D eigenvalue weighted by molar-refractivity contribution is 5.68. The number of esters is 2. The molecule has 7 rings (SSSR count). The first-order chi connectivity index (χ1) is 25.6. The fraction of sp³-hybridized carbons (Fsp3) is 0.696. The van der Waals surface area contributed by atoms with E-state index in [9.17, 15) is 19.8 Å². The van der Waals surface area contributed by atoms with Crippen molar-refractivity contribution in [2.24, 2.45) is 56.7 Å². The molecule has 54 heavy (non-hydrogen) atoms. The molecule has 0 radical (unpaired) electrons. The van der Waals surface area contributed by atoms with Gasteiger partial charge in [-0.25, -0.2) is 9.59 Å². The van der Waals surface area contributed by atoms with Crippen LogP contribution in [0.15, 0.2) is 60.9 Å². The molecule has 2 aromatic heterocycles. The number of carbonyl (C=O) groups is 2. The van der Waals surface area contributed by atoms with Gasteiger partial charge in [-0.15, -0.1) is 0 Å². The van der Waals surface area contributed by atoms with Crippen LogP contribution in [-0.4, -0.2) is 34.9 Å². The first-order valence-corrected chi connectivity index (χ1v) is 20.8. The summed E-state index contributed by atoms with van der Waals surface area (Å²) < 4.78 is 16.2. The van der Waals surface area contributed by atoms with E-state index in [1.165, 1.54) is 24.8 Å². The SMILES string of the molecule is C=C(C)[C@@H]1CC[C@]2(COC(=O)C[n+]3ccccc3CO)CC[C@]3(C)C(CCC4[C@@]5(C)CC[C@H](OC(=O)C[n+]6ccccc6CO)C(C)(C)C5CC[C@]43C)C12. The third-order valence-electron chi connectivity index (χ3n) is 17.0. The zero-order valence-electron chi connectivity index (χ0n) is 33.8. The summed E-state index contributed by atoms with van der Waals surface area (Å²) in [5.74, 6) is 2.01. The van der Waals surface area contributed by atoms with Gasteiger partial charge in [0.15, 0.2) is 12.4 Å². The third-order valence-corrected chi connectivity index (χ3v) is 17.0. The molecule has 2 aromatic rings. The molecule has 5 fully saturated rings. The Morgan fingerprint density at radius 1 is 0.759 bits per heavy atom. The van der Waals surface area contributed by atoms with Gasteiger partial charge in [-0.3, -0.25) is 0 Å². The van der Waals surface area contributed by atoms with Crippen molar-refractivity contribution in [2.75, 3.05) is 6.61 Å². The molecule has 0 saturated heterocycles. The van der Waals surface area contributed by atoms with Crippen LogP contribution in [0.1, 0.15) is 117 Å². The lowest BCUT2D eigenvalue weighted by molar-refractivity contribution is -0.695. The quantitative estimate of drug-likeness (QED) is 0.154. The fourth-order valence-corrected chi connectivity index (χ4v) is 14.1. The van der Waals surface area contributed by atoms with E-state index >= 15 is 0 Å². The molecule has 5 aliphatic carbocycles. The van der Waals surface area contributed by atoms with Crippen molar-refractivity contribution in [1.29, 1.82) is 0 Å². The van der Waals surface area contributed by atoms with Crippen LogP contribution in [0.2, 0.25) is 0 Å². The largest absolute Gasteiger partial charge is 0.460 e. The monoisotopic (exact) mass is 742 g/mol. The van der Waals surface area contributed by atoms with Crippen LogP contribution in [0, 0.1) is 56.7 Å². The van der Waals surface area contributed by atoms with Gasteiger partial charge >= 0.3 is 11.9 Å². The number of carbonyl (C=O) groups excluding carboxylic acids is 2. The van der Waals surface area contributed by atoms with Crippen LogP contribution in [0.3, 0.4) is 0 Å². The maximum Gasteiger partial charge on any atom is 0.372 e. The first kappa shape index (κ1) is 39.1. The van der Waals surface area contributed by atoms with Crippen molar-refractivity contribution in [1.82, 2.24) is 0 Å². The average molecular weight is 743 g/mol. The predicted molar refractivity (Wildman–Crippen MR) is 205 cm³/mol. The number of aliphatic hydroxyl groups excluding tert-OH is 2. The molecule has 0 amide bonds. The molecule has 294 valence electrons. The molecule has 0 aliphatic heterocycles. The summed E-state index contributed by atoms with van der Waals surface area (Å²) in [5.41, 5.74) is 3.00. The minimum atomic E-state index is -0.235. The zero-order valence-corrected chi connectivity index (χ0v) is 33.8. The van der Waals surface area contributed by atoms with Gasteiger partial charge in [0.25, 0.3) is 0 Å². The molecule has 8 nitrogen and oxygen atoms in total. The van der Waals surface area contributed by atoms with E-state index in [2.05, 4.69) is 48.1 Å². The number of aromatic nitrogens is 2. The minimum Gasteiger partial charge on any atom is -0.460 e. The van der Waals surface area contributed by atoms with Crippen LogP contribution in [0.4, 0.5) is 0 Å². The van der Waals surface area contributed by atoms with Crippen molar-refractivity contribution >= 4 is 11.9 Å². The molecule has 8 heteroatoms. The van der Waals surface area contributed by atoms with Crippen LogP contribution in [-0.2, 0) is 45.4 Å². The highest BCUT2D eigenvalue weighted by Gasteiger charge is 2.71. The van der Waals surface area contributed by atoms with Crippen LogP contribution >= 0.6 is 0 Å². The lowest BCUT2D eigenvalue weighted by Gasteiger charge is -2.73. The number of hydrogen-bond acceptors (Lipinski definition) is 6. The Bertz CT molecular complexity index is 1760. The van der Waals surface area contributed by atoms with Crippen LogP contribution in [0.5, 0.6) is 0 Å². The lowest BCUT2D eigenvalue weighted by atomic mass is 9.32. The summed E-state index contributed by atoms with van der Waals surface area (Å²) in [6.45, 7) is 19.8. The maximum atomic E-state index is 13.4. The van der Waals surface area contributed by atoms with E-state index in [1.54, 1.807) is 9.13 Å². The summed E-state index contributed by atoms with van der Waals surface area (Å²) in [6.07, 6.45) is 14.6. The lowest BCUT2D eigenvalue weighted by Crippen LogP contribution is -2.67. The number of ether oxygens (including phenoxy) is 2. The second-order valence-corrected chi connectivity index (χ2v) is 19.5. The molecule has 5 aliphatic rings. The highest BCUT2D eigenvalue weighted by atomic mass is 16.5. The molecule has 2 N–H and O–H groups in total. The number of hydrogen-bond donors (Lipinski definition) is 2. The molecule has 10 atom stereocenters.